The number of aliphatic hydroxyl groups excluding tert-OH is 1. The van der Waals surface area contributed by atoms with Crippen molar-refractivity contribution in [1.29, 1.82) is 0 Å². The van der Waals surface area contributed by atoms with Crippen LogP contribution < -0.4 is 10.6 Å². The van der Waals surface area contributed by atoms with Gasteiger partial charge >= 0.3 is 0 Å². The highest BCUT2D eigenvalue weighted by Crippen LogP contribution is 2.22. The third-order valence-electron chi connectivity index (χ3n) is 8.03. The summed E-state index contributed by atoms with van der Waals surface area (Å²) in [5, 5.41) is 17.6. The number of carbonyl (C=O) groups excluding carboxylic acids is 1. The van der Waals surface area contributed by atoms with Crippen molar-refractivity contribution in [2.45, 2.75) is 90.4 Å². The maximum absolute atomic E-state index is 14.0. The third-order valence-corrected chi connectivity index (χ3v) is 8.03. The number of ether oxygens (including phenoxy) is 1. The fourth-order valence-corrected chi connectivity index (χ4v) is 5.60. The lowest BCUT2D eigenvalue weighted by Gasteiger charge is -2.38. The van der Waals surface area contributed by atoms with Gasteiger partial charge in [-0.1, -0.05) is 51.0 Å². The van der Waals surface area contributed by atoms with Crippen molar-refractivity contribution in [2.75, 3.05) is 32.8 Å². The summed E-state index contributed by atoms with van der Waals surface area (Å²) in [4.78, 5) is 16.0. The fourth-order valence-electron chi connectivity index (χ4n) is 5.60. The number of nitrogens with one attached hydrogen (secondary N) is 2. The van der Waals surface area contributed by atoms with Crippen LogP contribution in [-0.2, 0) is 28.9 Å². The van der Waals surface area contributed by atoms with Crippen molar-refractivity contribution < 1.29 is 23.4 Å². The van der Waals surface area contributed by atoms with Crippen molar-refractivity contribution in [3.63, 3.8) is 0 Å². The van der Waals surface area contributed by atoms with E-state index in [1.165, 1.54) is 17.7 Å². The molecular formula is C33H49F2N3O3. The monoisotopic (exact) mass is 573 g/mol. The highest BCUT2D eigenvalue weighted by molar-refractivity contribution is 5.82. The summed E-state index contributed by atoms with van der Waals surface area (Å²) in [6.45, 7) is 10.1. The molecule has 2 aromatic rings. The first kappa shape index (κ1) is 33.1. The molecule has 3 atom stereocenters. The molecule has 3 N–H and O–H groups in total. The molecular weight excluding hydrogens is 524 g/mol. The van der Waals surface area contributed by atoms with E-state index in [0.717, 1.165) is 69.9 Å². The summed E-state index contributed by atoms with van der Waals surface area (Å²) in [5.74, 6) is -0.991. The van der Waals surface area contributed by atoms with E-state index in [2.05, 4.69) is 41.5 Å². The number of rotatable bonds is 17. The molecule has 228 valence electrons. The van der Waals surface area contributed by atoms with Crippen LogP contribution in [0, 0.1) is 17.6 Å². The number of hydrogen-bond acceptors (Lipinski definition) is 5. The summed E-state index contributed by atoms with van der Waals surface area (Å²) < 4.78 is 33.6. The minimum atomic E-state index is -0.955. The van der Waals surface area contributed by atoms with E-state index in [1.54, 1.807) is 0 Å². The molecule has 3 rings (SSSR count). The van der Waals surface area contributed by atoms with Gasteiger partial charge in [0.05, 0.1) is 18.2 Å². The van der Waals surface area contributed by atoms with Gasteiger partial charge in [-0.05, 0) is 86.9 Å². The number of aliphatic hydroxyl groups is 1. The van der Waals surface area contributed by atoms with Gasteiger partial charge < -0.3 is 20.5 Å². The number of halogens is 2. The number of unbranched alkanes of at least 4 members (excludes halogenated alkanes) is 1. The molecule has 1 heterocycles. The molecule has 1 amide bonds. The van der Waals surface area contributed by atoms with Crippen LogP contribution >= 0.6 is 0 Å². The minimum Gasteiger partial charge on any atom is -0.390 e. The van der Waals surface area contributed by atoms with Crippen LogP contribution in [0.1, 0.15) is 69.6 Å². The van der Waals surface area contributed by atoms with E-state index in [1.807, 2.05) is 19.1 Å². The number of aryl methyl sites for hydroxylation is 1. The van der Waals surface area contributed by atoms with E-state index in [4.69, 9.17) is 4.74 Å². The van der Waals surface area contributed by atoms with Gasteiger partial charge in [-0.2, -0.15) is 0 Å². The van der Waals surface area contributed by atoms with Crippen LogP contribution in [0.4, 0.5) is 8.78 Å². The molecule has 0 aliphatic carbocycles. The zero-order valence-electron chi connectivity index (χ0n) is 25.0. The van der Waals surface area contributed by atoms with Gasteiger partial charge in [-0.15, -0.1) is 0 Å². The Balaban J connectivity index is 1.70. The Morgan fingerprint density at radius 2 is 1.76 bits per heavy atom. The molecule has 1 unspecified atom stereocenters. The second-order valence-corrected chi connectivity index (χ2v) is 11.3. The van der Waals surface area contributed by atoms with Gasteiger partial charge in [0.1, 0.15) is 11.6 Å². The Morgan fingerprint density at radius 3 is 2.41 bits per heavy atom. The predicted octanol–water partition coefficient (Wildman–Crippen LogP) is 5.01. The van der Waals surface area contributed by atoms with Crippen LogP contribution in [0.5, 0.6) is 0 Å². The van der Waals surface area contributed by atoms with Crippen LogP contribution in [0.2, 0.25) is 0 Å². The largest absolute Gasteiger partial charge is 0.390 e. The van der Waals surface area contributed by atoms with Crippen molar-refractivity contribution in [3.8, 4) is 0 Å². The first-order chi connectivity index (χ1) is 19.8. The second kappa shape index (κ2) is 17.5. The summed E-state index contributed by atoms with van der Waals surface area (Å²) >= 11 is 0. The van der Waals surface area contributed by atoms with Gasteiger partial charge in [0, 0.05) is 32.4 Å². The Kier molecular flexibility index (Phi) is 14.2. The normalized spacial score (nSPS) is 16.8. The van der Waals surface area contributed by atoms with Crippen molar-refractivity contribution in [1.82, 2.24) is 15.5 Å². The van der Waals surface area contributed by atoms with Gasteiger partial charge in [0.25, 0.3) is 0 Å². The second-order valence-electron chi connectivity index (χ2n) is 11.3. The number of piperidine rings is 1. The zero-order chi connectivity index (χ0) is 29.6. The predicted molar refractivity (Wildman–Crippen MR) is 160 cm³/mol. The molecule has 6 nitrogen and oxygen atoms in total. The number of amides is 1. The minimum absolute atomic E-state index is 0.117. The van der Waals surface area contributed by atoms with E-state index >= 15 is 0 Å². The summed E-state index contributed by atoms with van der Waals surface area (Å²) in [6.07, 6.45) is 4.68. The molecule has 2 aromatic carbocycles. The van der Waals surface area contributed by atoms with Gasteiger partial charge in [-0.25, -0.2) is 8.78 Å². The highest BCUT2D eigenvalue weighted by atomic mass is 19.1. The molecule has 0 spiro atoms. The van der Waals surface area contributed by atoms with E-state index in [-0.39, 0.29) is 24.9 Å². The Morgan fingerprint density at radius 1 is 1.05 bits per heavy atom. The van der Waals surface area contributed by atoms with Crippen LogP contribution in [-0.4, -0.2) is 66.9 Å². The first-order valence-corrected chi connectivity index (χ1v) is 15.4. The third kappa shape index (κ3) is 11.1. The van der Waals surface area contributed by atoms with E-state index < -0.39 is 23.8 Å². The molecule has 8 heteroatoms. The lowest BCUT2D eigenvalue weighted by atomic mass is 9.94. The molecule has 1 saturated heterocycles. The number of benzene rings is 2. The Labute approximate surface area is 244 Å². The van der Waals surface area contributed by atoms with E-state index in [9.17, 15) is 18.7 Å². The summed E-state index contributed by atoms with van der Waals surface area (Å²) in [6, 6.07) is 10.6. The molecule has 0 radical (unpaired) electrons. The molecule has 1 aliphatic heterocycles. The number of carbonyl (C=O) groups is 1. The SMILES string of the molecule is CCCCC(C(=O)N[C@@H](Cc1cc(F)cc(F)c1)[C@@H](O)CNCc1cccc(CC)c1)N1CCC(COCC)CC1. The maximum atomic E-state index is 14.0. The molecule has 0 aromatic heterocycles. The fraction of sp³-hybridized carbons (Fsp3) is 0.606. The Bertz CT molecular complexity index is 1040. The van der Waals surface area contributed by atoms with Crippen molar-refractivity contribution in [2.24, 2.45) is 5.92 Å². The van der Waals surface area contributed by atoms with Crippen molar-refractivity contribution in [3.05, 3.63) is 70.8 Å². The Hall–Kier alpha value is -2.39. The molecule has 41 heavy (non-hydrogen) atoms. The number of likely N-dealkylation sites (tertiary alicyclic amines) is 1. The average Bonchev–Trinajstić information content (AvgIpc) is 2.96. The summed E-state index contributed by atoms with van der Waals surface area (Å²) in [7, 11) is 0. The molecule has 0 bridgehead atoms. The molecule has 1 aliphatic rings. The van der Waals surface area contributed by atoms with E-state index in [0.29, 0.717) is 24.6 Å². The zero-order valence-corrected chi connectivity index (χ0v) is 25.0. The van der Waals surface area contributed by atoms with Crippen LogP contribution in [0.15, 0.2) is 42.5 Å². The maximum Gasteiger partial charge on any atom is 0.237 e. The average molecular weight is 574 g/mol. The first-order valence-electron chi connectivity index (χ1n) is 15.4. The van der Waals surface area contributed by atoms with Gasteiger partial charge in [0.15, 0.2) is 0 Å². The van der Waals surface area contributed by atoms with Crippen LogP contribution in [0.3, 0.4) is 0 Å². The van der Waals surface area contributed by atoms with Gasteiger partial charge in [-0.3, -0.25) is 9.69 Å². The number of nitrogens with zero attached hydrogens (tertiary/aromatic N) is 1. The lowest BCUT2D eigenvalue weighted by molar-refractivity contribution is -0.129. The number of hydrogen-bond donors (Lipinski definition) is 3. The van der Waals surface area contributed by atoms with Gasteiger partial charge in [0.2, 0.25) is 5.91 Å². The smallest absolute Gasteiger partial charge is 0.237 e. The standard InChI is InChI=1S/C33H49F2N3O3/c1-4-7-11-31(38-14-12-25(13-15-38)23-41-6-3)33(40)37-30(19-27-17-28(34)20-29(35)18-27)32(39)22-36-21-26-10-8-9-24(5-2)16-26/h8-10,16-18,20,25,30-32,36,39H,4-7,11-15,19,21-23H2,1-3H3,(H,37,40)/t30-,31?,32-/m0/s1. The lowest BCUT2D eigenvalue weighted by Crippen LogP contribution is -2.56. The van der Waals surface area contributed by atoms with Crippen LogP contribution in [0.25, 0.3) is 0 Å². The molecule has 0 saturated carbocycles. The molecule has 1 fully saturated rings. The summed E-state index contributed by atoms with van der Waals surface area (Å²) in [5.41, 5.74) is 2.74. The quantitative estimate of drug-likeness (QED) is 0.248. The van der Waals surface area contributed by atoms with Crippen molar-refractivity contribution >= 4 is 5.91 Å². The highest BCUT2D eigenvalue weighted by Gasteiger charge is 2.32. The topological polar surface area (TPSA) is 73.8 Å².